The van der Waals surface area contributed by atoms with Crippen LogP contribution < -0.4 is 0 Å². The summed E-state index contributed by atoms with van der Waals surface area (Å²) in [5, 5.41) is 9.41. The second kappa shape index (κ2) is 3.42. The highest BCUT2D eigenvalue weighted by atomic mass is 16.3. The average Bonchev–Trinajstić information content (AvgIpc) is 2.47. The van der Waals surface area contributed by atoms with Crippen molar-refractivity contribution in [2.75, 3.05) is 7.05 Å². The van der Waals surface area contributed by atoms with E-state index in [0.29, 0.717) is 6.42 Å². The molecule has 0 aliphatic carbocycles. The summed E-state index contributed by atoms with van der Waals surface area (Å²) >= 11 is 0. The van der Waals surface area contributed by atoms with Gasteiger partial charge >= 0.3 is 0 Å². The number of likely N-dealkylation sites (N-methyl/N-ethyl adjacent to an activating group) is 1. The van der Waals surface area contributed by atoms with Crippen LogP contribution in [0.25, 0.3) is 0 Å². The third-order valence-corrected chi connectivity index (χ3v) is 2.73. The highest BCUT2D eigenvalue weighted by molar-refractivity contribution is 5.83. The van der Waals surface area contributed by atoms with E-state index in [1.54, 1.807) is 11.9 Å². The maximum absolute atomic E-state index is 11.4. The van der Waals surface area contributed by atoms with Gasteiger partial charge in [0.05, 0.1) is 6.04 Å². The number of benzene rings is 1. The van der Waals surface area contributed by atoms with Crippen molar-refractivity contribution in [2.24, 2.45) is 0 Å². The Hall–Kier alpha value is -1.35. The number of hydrogen-bond acceptors (Lipinski definition) is 2. The number of nitrogens with zero attached hydrogens (tertiary/aromatic N) is 1. The van der Waals surface area contributed by atoms with Crippen LogP contribution in [0.2, 0.25) is 0 Å². The molecule has 1 aromatic rings. The molecule has 2 rings (SSSR count). The first kappa shape index (κ1) is 9.21. The summed E-state index contributed by atoms with van der Waals surface area (Å²) in [7, 11) is 1.73. The maximum Gasteiger partial charge on any atom is 0.251 e. The highest BCUT2D eigenvalue weighted by Crippen LogP contribution is 2.31. The molecule has 1 saturated heterocycles. The van der Waals surface area contributed by atoms with Crippen LogP contribution >= 0.6 is 0 Å². The first-order valence-corrected chi connectivity index (χ1v) is 4.70. The molecule has 1 aliphatic heterocycles. The number of aliphatic hydroxyl groups excluding tert-OH is 1. The van der Waals surface area contributed by atoms with Crippen LogP contribution in [0.1, 0.15) is 18.0 Å². The van der Waals surface area contributed by atoms with Crippen molar-refractivity contribution in [1.29, 1.82) is 0 Å². The van der Waals surface area contributed by atoms with Gasteiger partial charge in [0.1, 0.15) is 6.10 Å². The molecule has 1 fully saturated rings. The molecule has 74 valence electrons. The molecule has 0 aromatic heterocycles. The minimum Gasteiger partial charge on any atom is -0.383 e. The van der Waals surface area contributed by atoms with Gasteiger partial charge in [0, 0.05) is 13.5 Å². The summed E-state index contributed by atoms with van der Waals surface area (Å²) in [5.74, 6) is -0.182. The lowest BCUT2D eigenvalue weighted by Gasteiger charge is -2.19. The van der Waals surface area contributed by atoms with Crippen LogP contribution in [0, 0.1) is 0 Å². The Morgan fingerprint density at radius 1 is 1.36 bits per heavy atom. The summed E-state index contributed by atoms with van der Waals surface area (Å²) < 4.78 is 0. The molecule has 1 aromatic carbocycles. The number of hydrogen-bond donors (Lipinski definition) is 1. The molecule has 1 amide bonds. The lowest BCUT2D eigenvalue weighted by atomic mass is 10.0. The lowest BCUT2D eigenvalue weighted by molar-refractivity contribution is -0.134. The largest absolute Gasteiger partial charge is 0.383 e. The monoisotopic (exact) mass is 191 g/mol. The quantitative estimate of drug-likeness (QED) is 0.718. The van der Waals surface area contributed by atoms with Crippen LogP contribution in [0.15, 0.2) is 30.3 Å². The van der Waals surface area contributed by atoms with Crippen molar-refractivity contribution in [1.82, 2.24) is 4.90 Å². The number of aliphatic hydroxyl groups is 1. The van der Waals surface area contributed by atoms with Crippen LogP contribution in [0.4, 0.5) is 0 Å². The van der Waals surface area contributed by atoms with Crippen LogP contribution in [-0.4, -0.2) is 29.1 Å². The highest BCUT2D eigenvalue weighted by Gasteiger charge is 2.36. The predicted molar refractivity (Wildman–Crippen MR) is 52.6 cm³/mol. The number of amides is 1. The van der Waals surface area contributed by atoms with E-state index in [4.69, 9.17) is 0 Å². The van der Waals surface area contributed by atoms with Gasteiger partial charge in [-0.3, -0.25) is 4.79 Å². The van der Waals surface area contributed by atoms with Crippen molar-refractivity contribution in [3.63, 3.8) is 0 Å². The normalized spacial score (nSPS) is 27.0. The van der Waals surface area contributed by atoms with E-state index >= 15 is 0 Å². The molecule has 3 nitrogen and oxygen atoms in total. The van der Waals surface area contributed by atoms with Crippen molar-refractivity contribution in [2.45, 2.75) is 18.6 Å². The van der Waals surface area contributed by atoms with E-state index in [-0.39, 0.29) is 11.9 Å². The number of carbonyl (C=O) groups excluding carboxylic acids is 1. The molecule has 1 N–H and O–H groups in total. The van der Waals surface area contributed by atoms with Crippen molar-refractivity contribution in [3.05, 3.63) is 35.9 Å². The minimum absolute atomic E-state index is 0.0266. The number of carbonyl (C=O) groups is 1. The van der Waals surface area contributed by atoms with E-state index in [0.717, 1.165) is 5.56 Å². The molecule has 1 aliphatic rings. The van der Waals surface area contributed by atoms with Gasteiger partial charge in [-0.1, -0.05) is 30.3 Å². The molecule has 1 unspecified atom stereocenters. The summed E-state index contributed by atoms with van der Waals surface area (Å²) in [6.45, 7) is 0. The zero-order valence-corrected chi connectivity index (χ0v) is 8.05. The zero-order chi connectivity index (χ0) is 10.1. The minimum atomic E-state index is -0.829. The summed E-state index contributed by atoms with van der Waals surface area (Å²) in [6.07, 6.45) is -0.329. The van der Waals surface area contributed by atoms with Crippen molar-refractivity contribution in [3.8, 4) is 0 Å². The molecule has 0 saturated carbocycles. The average molecular weight is 191 g/mol. The molecule has 1 heterocycles. The SMILES string of the molecule is CN1C(=O)C(O)C[C@@H]1c1ccccc1. The molecule has 3 heteroatoms. The topological polar surface area (TPSA) is 40.5 Å². The fraction of sp³-hybridized carbons (Fsp3) is 0.364. The van der Waals surface area contributed by atoms with Crippen molar-refractivity contribution >= 4 is 5.91 Å². The third-order valence-electron chi connectivity index (χ3n) is 2.73. The van der Waals surface area contributed by atoms with Gasteiger partial charge < -0.3 is 10.0 Å². The second-order valence-corrected chi connectivity index (χ2v) is 3.63. The summed E-state index contributed by atoms with van der Waals surface area (Å²) in [4.78, 5) is 13.0. The number of rotatable bonds is 1. The fourth-order valence-corrected chi connectivity index (χ4v) is 1.89. The summed E-state index contributed by atoms with van der Waals surface area (Å²) in [5.41, 5.74) is 1.08. The van der Waals surface area contributed by atoms with Gasteiger partial charge in [0.25, 0.3) is 5.91 Å². The summed E-state index contributed by atoms with van der Waals surface area (Å²) in [6, 6.07) is 9.81. The van der Waals surface area contributed by atoms with E-state index in [9.17, 15) is 9.90 Å². The smallest absolute Gasteiger partial charge is 0.251 e. The fourth-order valence-electron chi connectivity index (χ4n) is 1.89. The molecule has 0 bridgehead atoms. The lowest BCUT2D eigenvalue weighted by Crippen LogP contribution is -2.26. The first-order chi connectivity index (χ1) is 6.70. The molecule has 14 heavy (non-hydrogen) atoms. The third kappa shape index (κ3) is 1.40. The van der Waals surface area contributed by atoms with Gasteiger partial charge in [0.15, 0.2) is 0 Å². The standard InChI is InChI=1S/C11H13NO2/c1-12-9(7-10(13)11(12)14)8-5-3-2-4-6-8/h2-6,9-10,13H,7H2,1H3/t9-,10?/m1/s1. The number of likely N-dealkylation sites (tertiary alicyclic amines) is 1. The Morgan fingerprint density at radius 2 is 2.00 bits per heavy atom. The Kier molecular flexibility index (Phi) is 2.25. The van der Waals surface area contributed by atoms with E-state index in [1.165, 1.54) is 0 Å². The molecule has 0 spiro atoms. The van der Waals surface area contributed by atoms with Crippen LogP contribution in [0.5, 0.6) is 0 Å². The zero-order valence-electron chi connectivity index (χ0n) is 8.05. The first-order valence-electron chi connectivity index (χ1n) is 4.70. The molecule has 0 radical (unpaired) electrons. The molecular formula is C11H13NO2. The Bertz CT molecular complexity index is 336. The second-order valence-electron chi connectivity index (χ2n) is 3.63. The Balaban J connectivity index is 2.26. The van der Waals surface area contributed by atoms with Gasteiger partial charge in [-0.05, 0) is 5.56 Å². The maximum atomic E-state index is 11.4. The predicted octanol–water partition coefficient (Wildman–Crippen LogP) is 0.951. The Morgan fingerprint density at radius 3 is 2.50 bits per heavy atom. The van der Waals surface area contributed by atoms with Crippen LogP contribution in [-0.2, 0) is 4.79 Å². The molecule has 2 atom stereocenters. The van der Waals surface area contributed by atoms with Crippen molar-refractivity contribution < 1.29 is 9.90 Å². The van der Waals surface area contributed by atoms with Crippen LogP contribution in [0.3, 0.4) is 0 Å². The van der Waals surface area contributed by atoms with Gasteiger partial charge in [0.2, 0.25) is 0 Å². The van der Waals surface area contributed by atoms with Gasteiger partial charge in [-0.2, -0.15) is 0 Å². The van der Waals surface area contributed by atoms with Gasteiger partial charge in [-0.15, -0.1) is 0 Å². The van der Waals surface area contributed by atoms with Gasteiger partial charge in [-0.25, -0.2) is 0 Å². The molecular weight excluding hydrogens is 178 g/mol. The van der Waals surface area contributed by atoms with E-state index in [1.807, 2.05) is 30.3 Å². The van der Waals surface area contributed by atoms with E-state index < -0.39 is 6.10 Å². The van der Waals surface area contributed by atoms with E-state index in [2.05, 4.69) is 0 Å². The Labute approximate surface area is 83.0 Å².